The van der Waals surface area contributed by atoms with Gasteiger partial charge in [-0.15, -0.1) is 0 Å². The smallest absolute Gasteiger partial charge is 0.352 e. The Hall–Kier alpha value is -3.54. The normalized spacial score (nSPS) is 17.9. The molecule has 2 aliphatic rings. The summed E-state index contributed by atoms with van der Waals surface area (Å²) in [5, 5.41) is 7.16. The van der Waals surface area contributed by atoms with E-state index in [0.29, 0.717) is 31.7 Å². The number of hydrogen-bond acceptors (Lipinski definition) is 5. The van der Waals surface area contributed by atoms with Gasteiger partial charge in [-0.25, -0.2) is 13.9 Å². The van der Waals surface area contributed by atoms with Gasteiger partial charge >= 0.3 is 6.18 Å². The molecular formula is C24H24F4N6O2. The summed E-state index contributed by atoms with van der Waals surface area (Å²) in [5.41, 5.74) is -1.42. The summed E-state index contributed by atoms with van der Waals surface area (Å²) < 4.78 is 55.7. The van der Waals surface area contributed by atoms with Gasteiger partial charge in [0.25, 0.3) is 5.91 Å². The maximum absolute atomic E-state index is 13.8. The van der Waals surface area contributed by atoms with Crippen molar-refractivity contribution >= 4 is 17.5 Å². The lowest BCUT2D eigenvalue weighted by molar-refractivity contribution is -0.136. The fraction of sp³-hybridized carbons (Fsp3) is 0.417. The van der Waals surface area contributed by atoms with Crippen LogP contribution in [0.15, 0.2) is 36.5 Å². The van der Waals surface area contributed by atoms with Crippen LogP contribution in [0.25, 0.3) is 16.9 Å². The lowest BCUT2D eigenvalue weighted by atomic mass is 10.1. The van der Waals surface area contributed by atoms with Gasteiger partial charge in [-0.1, -0.05) is 0 Å². The molecule has 1 aromatic carbocycles. The molecule has 0 radical (unpaired) electrons. The van der Waals surface area contributed by atoms with Crippen LogP contribution in [0.5, 0.6) is 0 Å². The molecule has 3 heterocycles. The van der Waals surface area contributed by atoms with E-state index in [0.717, 1.165) is 35.6 Å². The van der Waals surface area contributed by atoms with E-state index in [-0.39, 0.29) is 29.4 Å². The third-order valence-electron chi connectivity index (χ3n) is 6.54. The van der Waals surface area contributed by atoms with Crippen LogP contribution >= 0.6 is 0 Å². The number of nitrogens with one attached hydrogen (secondary N) is 1. The number of hydrogen-bond donors (Lipinski definition) is 1. The molecule has 1 saturated carbocycles. The first-order valence-electron chi connectivity index (χ1n) is 11.7. The number of carbonyl (C=O) groups is 2. The number of carbonyl (C=O) groups excluding carboxylic acids is 2. The Labute approximate surface area is 203 Å². The summed E-state index contributed by atoms with van der Waals surface area (Å²) >= 11 is 0. The highest BCUT2D eigenvalue weighted by Crippen LogP contribution is 2.34. The quantitative estimate of drug-likeness (QED) is 0.541. The highest BCUT2D eigenvalue weighted by molar-refractivity contribution is 5.93. The van der Waals surface area contributed by atoms with Crippen molar-refractivity contribution < 1.29 is 27.2 Å². The van der Waals surface area contributed by atoms with E-state index in [1.807, 2.05) is 11.8 Å². The lowest BCUT2D eigenvalue weighted by Gasteiger charge is -2.37. The first-order chi connectivity index (χ1) is 17.1. The van der Waals surface area contributed by atoms with E-state index >= 15 is 0 Å². The van der Waals surface area contributed by atoms with Crippen LogP contribution in [0.4, 0.5) is 17.6 Å². The second-order valence-corrected chi connectivity index (χ2v) is 9.13. The third-order valence-corrected chi connectivity index (χ3v) is 6.54. The number of fused-ring (bicyclic) bond motifs is 1. The molecule has 2 aromatic heterocycles. The zero-order valence-electron chi connectivity index (χ0n) is 19.4. The third kappa shape index (κ3) is 4.90. The average Bonchev–Trinajstić information content (AvgIpc) is 3.56. The molecule has 8 nitrogen and oxygen atoms in total. The minimum absolute atomic E-state index is 0.0294. The number of imidazole rings is 1. The van der Waals surface area contributed by atoms with Gasteiger partial charge in [-0.05, 0) is 50.1 Å². The first kappa shape index (κ1) is 24.2. The Kier molecular flexibility index (Phi) is 6.15. The van der Waals surface area contributed by atoms with Gasteiger partial charge in [-0.2, -0.15) is 18.3 Å². The zero-order chi connectivity index (χ0) is 25.6. The first-order valence-corrected chi connectivity index (χ1v) is 11.7. The maximum atomic E-state index is 13.8. The van der Waals surface area contributed by atoms with Gasteiger partial charge in [0, 0.05) is 37.8 Å². The van der Waals surface area contributed by atoms with E-state index in [1.165, 1.54) is 23.2 Å². The zero-order valence-corrected chi connectivity index (χ0v) is 19.4. The second-order valence-electron chi connectivity index (χ2n) is 9.13. The molecule has 2 amide bonds. The van der Waals surface area contributed by atoms with Gasteiger partial charge in [0.1, 0.15) is 17.1 Å². The Balaban J connectivity index is 1.36. The summed E-state index contributed by atoms with van der Waals surface area (Å²) in [6, 6.07) is 5.70. The van der Waals surface area contributed by atoms with Crippen molar-refractivity contribution in [1.29, 1.82) is 0 Å². The van der Waals surface area contributed by atoms with Crippen LogP contribution in [0.1, 0.15) is 35.8 Å². The van der Waals surface area contributed by atoms with Crippen LogP contribution in [-0.2, 0) is 11.0 Å². The Morgan fingerprint density at radius 3 is 2.36 bits per heavy atom. The molecular weight excluding hydrogens is 480 g/mol. The number of rotatable bonds is 5. The largest absolute Gasteiger partial charge is 0.420 e. The molecule has 5 rings (SSSR count). The predicted molar refractivity (Wildman–Crippen MR) is 121 cm³/mol. The summed E-state index contributed by atoms with van der Waals surface area (Å²) in [6.45, 7) is 3.36. The molecule has 3 aromatic rings. The highest BCUT2D eigenvalue weighted by Gasteiger charge is 2.36. The summed E-state index contributed by atoms with van der Waals surface area (Å²) in [5.74, 6) is -1.07. The van der Waals surface area contributed by atoms with Gasteiger partial charge in [0.15, 0.2) is 5.65 Å². The molecule has 0 spiro atoms. The van der Waals surface area contributed by atoms with E-state index in [4.69, 9.17) is 0 Å². The Morgan fingerprint density at radius 1 is 1.08 bits per heavy atom. The van der Waals surface area contributed by atoms with Crippen molar-refractivity contribution in [3.8, 4) is 11.3 Å². The summed E-state index contributed by atoms with van der Waals surface area (Å²) in [4.78, 5) is 32.9. The molecule has 1 atom stereocenters. The van der Waals surface area contributed by atoms with Crippen molar-refractivity contribution in [2.75, 3.05) is 26.2 Å². The fourth-order valence-corrected chi connectivity index (χ4v) is 4.24. The molecule has 1 unspecified atom stereocenters. The summed E-state index contributed by atoms with van der Waals surface area (Å²) in [7, 11) is 0. The van der Waals surface area contributed by atoms with Crippen molar-refractivity contribution in [2.45, 2.75) is 38.0 Å². The van der Waals surface area contributed by atoms with Crippen LogP contribution in [0, 0.1) is 5.82 Å². The van der Waals surface area contributed by atoms with Crippen LogP contribution < -0.4 is 5.32 Å². The fourth-order valence-electron chi connectivity index (χ4n) is 4.24. The van der Waals surface area contributed by atoms with Gasteiger partial charge in [0.2, 0.25) is 5.91 Å². The molecule has 36 heavy (non-hydrogen) atoms. The van der Waals surface area contributed by atoms with Crippen molar-refractivity contribution in [1.82, 2.24) is 29.7 Å². The number of benzene rings is 1. The van der Waals surface area contributed by atoms with Crippen LogP contribution in [-0.4, -0.2) is 74.5 Å². The predicted octanol–water partition coefficient (Wildman–Crippen LogP) is 2.98. The molecule has 1 aliphatic carbocycles. The van der Waals surface area contributed by atoms with Gasteiger partial charge in [0.05, 0.1) is 17.9 Å². The maximum Gasteiger partial charge on any atom is 0.420 e. The van der Waals surface area contributed by atoms with Crippen molar-refractivity contribution in [3.05, 3.63) is 53.6 Å². The number of nitrogens with zero attached hydrogens (tertiary/aromatic N) is 5. The number of halogens is 4. The summed E-state index contributed by atoms with van der Waals surface area (Å²) in [6.07, 6.45) is -1.57. The Morgan fingerprint density at radius 2 is 1.75 bits per heavy atom. The van der Waals surface area contributed by atoms with Crippen LogP contribution in [0.2, 0.25) is 0 Å². The number of piperazine rings is 1. The SMILES string of the molecule is CC(C(=O)NC1CC1)N1CCN(C(=O)c2cn3nc(-c4ccc(F)cc4)cc(C(F)(F)F)c3n2)CC1. The van der Waals surface area contributed by atoms with Crippen LogP contribution in [0.3, 0.4) is 0 Å². The number of aromatic nitrogens is 3. The van der Waals surface area contributed by atoms with E-state index in [2.05, 4.69) is 15.4 Å². The van der Waals surface area contributed by atoms with Gasteiger partial charge in [-0.3, -0.25) is 14.5 Å². The molecule has 190 valence electrons. The average molecular weight is 504 g/mol. The van der Waals surface area contributed by atoms with E-state index < -0.39 is 29.1 Å². The molecule has 1 N–H and O–H groups in total. The van der Waals surface area contributed by atoms with E-state index in [1.54, 1.807) is 0 Å². The topological polar surface area (TPSA) is 82.8 Å². The van der Waals surface area contributed by atoms with Gasteiger partial charge < -0.3 is 10.2 Å². The highest BCUT2D eigenvalue weighted by atomic mass is 19.4. The molecule has 2 fully saturated rings. The Bertz CT molecular complexity index is 1290. The van der Waals surface area contributed by atoms with Crippen molar-refractivity contribution in [2.24, 2.45) is 0 Å². The molecule has 1 aliphatic heterocycles. The minimum atomic E-state index is -4.74. The van der Waals surface area contributed by atoms with E-state index in [9.17, 15) is 27.2 Å². The molecule has 0 bridgehead atoms. The number of amides is 2. The standard InChI is InChI=1S/C24H24F4N6O2/c1-14(22(35)29-17-6-7-17)32-8-10-33(11-9-32)23(36)20-13-34-21(30-20)18(24(26,27)28)12-19(31-34)15-2-4-16(25)5-3-15/h2-5,12-14,17H,6-11H2,1H3,(H,29,35). The van der Waals surface area contributed by atoms with Crippen molar-refractivity contribution in [3.63, 3.8) is 0 Å². The molecule has 12 heteroatoms. The molecule has 1 saturated heterocycles. The second kappa shape index (κ2) is 9.16. The lowest BCUT2D eigenvalue weighted by Crippen LogP contribution is -2.55. The minimum Gasteiger partial charge on any atom is -0.352 e. The number of alkyl halides is 3. The monoisotopic (exact) mass is 504 g/mol.